The lowest BCUT2D eigenvalue weighted by atomic mass is 10.00. The Hall–Kier alpha value is -1.06. The number of hydrogen-bond donors (Lipinski definition) is 1. The summed E-state index contributed by atoms with van der Waals surface area (Å²) >= 11 is 0. The molecule has 1 heterocycles. The van der Waals surface area contributed by atoms with Gasteiger partial charge in [0.1, 0.15) is 12.6 Å². The molecule has 1 aliphatic rings. The highest BCUT2D eigenvalue weighted by Crippen LogP contribution is 2.14. The number of esters is 1. The highest BCUT2D eigenvalue weighted by molar-refractivity contribution is 5.85. The number of benzene rings is 1. The highest BCUT2D eigenvalue weighted by Gasteiger charge is 2.25. The lowest BCUT2D eigenvalue weighted by Gasteiger charge is -2.27. The summed E-state index contributed by atoms with van der Waals surface area (Å²) in [5, 5.41) is 3.28. The molecule has 0 radical (unpaired) electrons. The van der Waals surface area contributed by atoms with Crippen LogP contribution in [0.5, 0.6) is 0 Å². The molecule has 1 saturated heterocycles. The molecule has 0 amide bonds. The molecule has 2 rings (SSSR count). The summed E-state index contributed by atoms with van der Waals surface area (Å²) in [7, 11) is 0. The first-order valence-corrected chi connectivity index (χ1v) is 6.22. The summed E-state index contributed by atoms with van der Waals surface area (Å²) in [4.78, 5) is 11.8. The van der Waals surface area contributed by atoms with E-state index in [1.165, 1.54) is 0 Å². The van der Waals surface area contributed by atoms with Crippen molar-refractivity contribution < 1.29 is 9.53 Å². The Balaban J connectivity index is 0.00000162. The van der Waals surface area contributed by atoms with Crippen LogP contribution in [-0.4, -0.2) is 18.1 Å². The van der Waals surface area contributed by atoms with E-state index in [9.17, 15) is 4.79 Å². The molecule has 0 aromatic heterocycles. The number of hydrogen-bond acceptors (Lipinski definition) is 3. The van der Waals surface area contributed by atoms with Crippen LogP contribution in [0.1, 0.15) is 31.7 Å². The first-order chi connectivity index (χ1) is 8.25. The molecule has 3 nitrogen and oxygen atoms in total. The monoisotopic (exact) mass is 269 g/mol. The van der Waals surface area contributed by atoms with E-state index >= 15 is 0 Å². The van der Waals surface area contributed by atoms with Gasteiger partial charge in [-0.2, -0.15) is 0 Å². The van der Waals surface area contributed by atoms with Gasteiger partial charge in [0.05, 0.1) is 0 Å². The van der Waals surface area contributed by atoms with Crippen LogP contribution in [-0.2, 0) is 16.1 Å². The van der Waals surface area contributed by atoms with E-state index in [1.807, 2.05) is 30.3 Å². The van der Waals surface area contributed by atoms with E-state index < -0.39 is 0 Å². The Morgan fingerprint density at radius 3 is 2.72 bits per heavy atom. The SMILES string of the molecule is CC1CCCC(C(=O)OCc2ccccc2)N1.Cl. The summed E-state index contributed by atoms with van der Waals surface area (Å²) in [6.07, 6.45) is 3.12. The molecule has 1 fully saturated rings. The minimum atomic E-state index is -0.125. The third kappa shape index (κ3) is 4.31. The van der Waals surface area contributed by atoms with E-state index in [1.54, 1.807) is 0 Å². The molecule has 1 aromatic carbocycles. The summed E-state index contributed by atoms with van der Waals surface area (Å²) in [6, 6.07) is 10.1. The molecule has 2 unspecified atom stereocenters. The van der Waals surface area contributed by atoms with Crippen LogP contribution in [0.25, 0.3) is 0 Å². The fourth-order valence-electron chi connectivity index (χ4n) is 2.15. The van der Waals surface area contributed by atoms with Gasteiger partial charge in [-0.05, 0) is 31.7 Å². The first-order valence-electron chi connectivity index (χ1n) is 6.22. The number of halogens is 1. The maximum absolute atomic E-state index is 11.8. The second kappa shape index (κ2) is 7.39. The minimum absolute atomic E-state index is 0. The van der Waals surface area contributed by atoms with Crippen LogP contribution < -0.4 is 5.32 Å². The van der Waals surface area contributed by atoms with Gasteiger partial charge >= 0.3 is 5.97 Å². The molecule has 1 aromatic rings. The minimum Gasteiger partial charge on any atom is -0.460 e. The fraction of sp³-hybridized carbons (Fsp3) is 0.500. The molecule has 100 valence electrons. The van der Waals surface area contributed by atoms with Crippen LogP contribution >= 0.6 is 12.4 Å². The van der Waals surface area contributed by atoms with Crippen LogP contribution in [0.4, 0.5) is 0 Å². The van der Waals surface area contributed by atoms with E-state index in [-0.39, 0.29) is 24.4 Å². The number of nitrogens with one attached hydrogen (secondary N) is 1. The number of rotatable bonds is 3. The van der Waals surface area contributed by atoms with Crippen LogP contribution in [0, 0.1) is 0 Å². The molecule has 0 bridgehead atoms. The molecule has 4 heteroatoms. The summed E-state index contributed by atoms with van der Waals surface area (Å²) in [5.74, 6) is -0.125. The summed E-state index contributed by atoms with van der Waals surface area (Å²) in [5.41, 5.74) is 1.03. The van der Waals surface area contributed by atoms with Crippen molar-refractivity contribution in [1.82, 2.24) is 5.32 Å². The molecule has 18 heavy (non-hydrogen) atoms. The normalized spacial score (nSPS) is 22.9. The Morgan fingerprint density at radius 2 is 2.06 bits per heavy atom. The van der Waals surface area contributed by atoms with Gasteiger partial charge in [-0.1, -0.05) is 30.3 Å². The number of carbonyl (C=O) groups excluding carboxylic acids is 1. The van der Waals surface area contributed by atoms with E-state index in [2.05, 4.69) is 12.2 Å². The van der Waals surface area contributed by atoms with Gasteiger partial charge in [0.25, 0.3) is 0 Å². The molecule has 0 spiro atoms. The fourth-order valence-corrected chi connectivity index (χ4v) is 2.15. The Kier molecular flexibility index (Phi) is 6.16. The van der Waals surface area contributed by atoms with Crippen LogP contribution in [0.3, 0.4) is 0 Å². The third-order valence-corrected chi connectivity index (χ3v) is 3.12. The largest absolute Gasteiger partial charge is 0.460 e. The van der Waals surface area contributed by atoms with Crippen LogP contribution in [0.2, 0.25) is 0 Å². The van der Waals surface area contributed by atoms with Gasteiger partial charge in [0.2, 0.25) is 0 Å². The molecular weight excluding hydrogens is 250 g/mol. The van der Waals surface area contributed by atoms with Crippen molar-refractivity contribution in [2.24, 2.45) is 0 Å². The molecule has 1 aliphatic heterocycles. The number of carbonyl (C=O) groups is 1. The maximum Gasteiger partial charge on any atom is 0.323 e. The lowest BCUT2D eigenvalue weighted by Crippen LogP contribution is -2.46. The van der Waals surface area contributed by atoms with Gasteiger partial charge in [0, 0.05) is 6.04 Å². The zero-order chi connectivity index (χ0) is 12.1. The average Bonchev–Trinajstić information content (AvgIpc) is 2.37. The molecule has 2 atom stereocenters. The van der Waals surface area contributed by atoms with E-state index in [0.717, 1.165) is 24.8 Å². The third-order valence-electron chi connectivity index (χ3n) is 3.12. The summed E-state index contributed by atoms with van der Waals surface area (Å²) < 4.78 is 5.31. The van der Waals surface area contributed by atoms with Gasteiger partial charge < -0.3 is 10.1 Å². The van der Waals surface area contributed by atoms with Crippen molar-refractivity contribution in [3.63, 3.8) is 0 Å². The van der Waals surface area contributed by atoms with Gasteiger partial charge in [0.15, 0.2) is 0 Å². The van der Waals surface area contributed by atoms with E-state index in [0.29, 0.717) is 12.6 Å². The average molecular weight is 270 g/mol. The Bertz CT molecular complexity index is 369. The summed E-state index contributed by atoms with van der Waals surface area (Å²) in [6.45, 7) is 2.48. The van der Waals surface area contributed by atoms with Gasteiger partial charge in [-0.25, -0.2) is 0 Å². The Labute approximate surface area is 114 Å². The smallest absolute Gasteiger partial charge is 0.323 e. The predicted octanol–water partition coefficient (Wildman–Crippen LogP) is 2.68. The quantitative estimate of drug-likeness (QED) is 0.858. The maximum atomic E-state index is 11.8. The van der Waals surface area contributed by atoms with Crippen molar-refractivity contribution in [3.8, 4) is 0 Å². The van der Waals surface area contributed by atoms with Gasteiger partial charge in [-0.15, -0.1) is 12.4 Å². The predicted molar refractivity (Wildman–Crippen MR) is 73.7 cm³/mol. The standard InChI is InChI=1S/C14H19NO2.ClH/c1-11-6-5-9-13(15-11)14(16)17-10-12-7-3-2-4-8-12;/h2-4,7-8,11,13,15H,5-6,9-10H2,1H3;1H. The number of piperidine rings is 1. The highest BCUT2D eigenvalue weighted by atomic mass is 35.5. The second-order valence-electron chi connectivity index (χ2n) is 4.64. The van der Waals surface area contributed by atoms with Crippen molar-refractivity contribution >= 4 is 18.4 Å². The second-order valence-corrected chi connectivity index (χ2v) is 4.64. The molecule has 1 N–H and O–H groups in total. The topological polar surface area (TPSA) is 38.3 Å². The van der Waals surface area contributed by atoms with Crippen molar-refractivity contribution in [1.29, 1.82) is 0 Å². The Morgan fingerprint density at radius 1 is 1.33 bits per heavy atom. The zero-order valence-electron chi connectivity index (χ0n) is 10.6. The van der Waals surface area contributed by atoms with Crippen molar-refractivity contribution in [2.75, 3.05) is 0 Å². The van der Waals surface area contributed by atoms with Crippen molar-refractivity contribution in [2.45, 2.75) is 44.9 Å². The van der Waals surface area contributed by atoms with Crippen LogP contribution in [0.15, 0.2) is 30.3 Å². The molecule has 0 aliphatic carbocycles. The van der Waals surface area contributed by atoms with Gasteiger partial charge in [-0.3, -0.25) is 4.79 Å². The molecule has 0 saturated carbocycles. The molecular formula is C14H20ClNO2. The number of ether oxygens (including phenoxy) is 1. The first kappa shape index (κ1) is 15.0. The lowest BCUT2D eigenvalue weighted by molar-refractivity contribution is -0.148. The van der Waals surface area contributed by atoms with E-state index in [4.69, 9.17) is 4.74 Å². The van der Waals surface area contributed by atoms with Crippen molar-refractivity contribution in [3.05, 3.63) is 35.9 Å². The zero-order valence-corrected chi connectivity index (χ0v) is 11.4.